The van der Waals surface area contributed by atoms with Crippen molar-refractivity contribution < 1.29 is 28.5 Å². The quantitative estimate of drug-likeness (QED) is 0.372. The minimum absolute atomic E-state index is 0.152. The zero-order valence-electron chi connectivity index (χ0n) is 16.4. The maximum Gasteiger partial charge on any atom is 0.338 e. The van der Waals surface area contributed by atoms with E-state index in [0.29, 0.717) is 22.6 Å². The Balaban J connectivity index is 1.31. The highest BCUT2D eigenvalue weighted by molar-refractivity contribution is 5.89. The van der Waals surface area contributed by atoms with Crippen LogP contribution in [-0.4, -0.2) is 38.4 Å². The second-order valence-electron chi connectivity index (χ2n) is 6.17. The Kier molecular flexibility index (Phi) is 7.85. The van der Waals surface area contributed by atoms with E-state index in [2.05, 4.69) is 0 Å². The smallest absolute Gasteiger partial charge is 0.338 e. The first-order valence-electron chi connectivity index (χ1n) is 9.52. The molecule has 0 aromatic heterocycles. The van der Waals surface area contributed by atoms with E-state index < -0.39 is 0 Å². The second-order valence-corrected chi connectivity index (χ2v) is 6.17. The normalized spacial score (nSPS) is 10.1. The van der Waals surface area contributed by atoms with E-state index in [1.807, 2.05) is 12.1 Å². The minimum atomic E-state index is -0.379. The molecule has 0 atom stereocenters. The monoisotopic (exact) mass is 406 g/mol. The number of ether oxygens (including phenoxy) is 4. The van der Waals surface area contributed by atoms with Gasteiger partial charge in [-0.3, -0.25) is 0 Å². The van der Waals surface area contributed by atoms with E-state index in [-0.39, 0.29) is 38.4 Å². The van der Waals surface area contributed by atoms with Crippen LogP contribution in [0.3, 0.4) is 0 Å². The number of benzene rings is 3. The summed E-state index contributed by atoms with van der Waals surface area (Å²) in [7, 11) is 0. The molecule has 3 aromatic carbocycles. The van der Waals surface area contributed by atoms with Gasteiger partial charge >= 0.3 is 11.9 Å². The van der Waals surface area contributed by atoms with Crippen LogP contribution in [0.1, 0.15) is 20.7 Å². The molecule has 3 aromatic rings. The lowest BCUT2D eigenvalue weighted by Crippen LogP contribution is -2.12. The molecule has 0 N–H and O–H groups in total. The van der Waals surface area contributed by atoms with Crippen molar-refractivity contribution in [2.24, 2.45) is 0 Å². The van der Waals surface area contributed by atoms with Crippen molar-refractivity contribution in [2.75, 3.05) is 26.4 Å². The predicted octanol–water partition coefficient (Wildman–Crippen LogP) is 4.16. The molecule has 0 saturated heterocycles. The van der Waals surface area contributed by atoms with E-state index >= 15 is 0 Å². The highest BCUT2D eigenvalue weighted by atomic mass is 16.6. The van der Waals surface area contributed by atoms with Crippen molar-refractivity contribution in [3.8, 4) is 11.5 Å². The average molecular weight is 406 g/mol. The first-order valence-corrected chi connectivity index (χ1v) is 9.52. The highest BCUT2D eigenvalue weighted by Crippen LogP contribution is 2.17. The molecule has 0 spiro atoms. The Morgan fingerprint density at radius 1 is 0.500 bits per heavy atom. The van der Waals surface area contributed by atoms with Crippen molar-refractivity contribution in [1.82, 2.24) is 0 Å². The maximum atomic E-state index is 11.8. The number of hydrogen-bond donors (Lipinski definition) is 0. The molecule has 0 bridgehead atoms. The Labute approximate surface area is 175 Å². The third-order valence-electron chi connectivity index (χ3n) is 4.01. The number of esters is 2. The van der Waals surface area contributed by atoms with E-state index in [4.69, 9.17) is 18.9 Å². The highest BCUT2D eigenvalue weighted by Gasteiger charge is 2.07. The maximum absolute atomic E-state index is 11.8. The zero-order chi connectivity index (χ0) is 21.0. The molecule has 0 radical (unpaired) electrons. The average Bonchev–Trinajstić information content (AvgIpc) is 2.81. The van der Waals surface area contributed by atoms with Gasteiger partial charge in [-0.15, -0.1) is 0 Å². The molecular formula is C24H22O6. The van der Waals surface area contributed by atoms with Gasteiger partial charge in [0.05, 0.1) is 11.1 Å². The standard InChI is InChI=1S/C24H22O6/c25-23(19-7-3-1-4-8-19)29-17-15-27-21-11-13-22(14-12-21)28-16-18-30-24(26)20-9-5-2-6-10-20/h1-14H,15-18H2. The van der Waals surface area contributed by atoms with Crippen LogP contribution in [0.5, 0.6) is 11.5 Å². The Hall–Kier alpha value is -3.80. The molecule has 0 heterocycles. The lowest BCUT2D eigenvalue weighted by atomic mass is 10.2. The summed E-state index contributed by atoms with van der Waals surface area (Å²) in [4.78, 5) is 23.6. The van der Waals surface area contributed by atoms with E-state index in [1.54, 1.807) is 72.8 Å². The van der Waals surface area contributed by atoms with Gasteiger partial charge in [0, 0.05) is 0 Å². The van der Waals surface area contributed by atoms with Crippen LogP contribution in [0.15, 0.2) is 84.9 Å². The molecule has 0 unspecified atom stereocenters. The number of carbonyl (C=O) groups excluding carboxylic acids is 2. The summed E-state index contributed by atoms with van der Waals surface area (Å²) in [5.41, 5.74) is 1.02. The van der Waals surface area contributed by atoms with E-state index in [0.717, 1.165) is 0 Å². The van der Waals surface area contributed by atoms with Crippen molar-refractivity contribution >= 4 is 11.9 Å². The third kappa shape index (κ3) is 6.67. The summed E-state index contributed by atoms with van der Waals surface area (Å²) in [5, 5.41) is 0. The van der Waals surface area contributed by atoms with E-state index in [9.17, 15) is 9.59 Å². The van der Waals surface area contributed by atoms with Gasteiger partial charge in [0.2, 0.25) is 0 Å². The molecule has 0 aliphatic heterocycles. The summed E-state index contributed by atoms with van der Waals surface area (Å²) < 4.78 is 21.4. The largest absolute Gasteiger partial charge is 0.490 e. The molecule has 3 rings (SSSR count). The van der Waals surface area contributed by atoms with Crippen molar-refractivity contribution in [3.63, 3.8) is 0 Å². The van der Waals surface area contributed by atoms with Crippen LogP contribution in [0.4, 0.5) is 0 Å². The van der Waals surface area contributed by atoms with Crippen LogP contribution >= 0.6 is 0 Å². The zero-order valence-corrected chi connectivity index (χ0v) is 16.4. The summed E-state index contributed by atoms with van der Waals surface area (Å²) in [6.07, 6.45) is 0. The molecule has 0 aliphatic carbocycles. The predicted molar refractivity (Wildman–Crippen MR) is 111 cm³/mol. The number of carbonyl (C=O) groups is 2. The summed E-state index contributed by atoms with van der Waals surface area (Å²) in [6.45, 7) is 0.792. The molecule has 0 fully saturated rings. The molecule has 154 valence electrons. The fourth-order valence-corrected chi connectivity index (χ4v) is 2.53. The van der Waals surface area contributed by atoms with Crippen LogP contribution in [0.25, 0.3) is 0 Å². The molecule has 6 nitrogen and oxygen atoms in total. The second kappa shape index (κ2) is 11.3. The molecule has 0 amide bonds. The SMILES string of the molecule is O=C(OCCOc1ccc(OCCOC(=O)c2ccccc2)cc1)c1ccccc1. The first kappa shape index (κ1) is 20.9. The van der Waals surface area contributed by atoms with Crippen molar-refractivity contribution in [1.29, 1.82) is 0 Å². The summed E-state index contributed by atoms with van der Waals surface area (Å²) in [5.74, 6) is 0.508. The van der Waals surface area contributed by atoms with Gasteiger partial charge in [-0.2, -0.15) is 0 Å². The lowest BCUT2D eigenvalue weighted by molar-refractivity contribution is 0.0440. The van der Waals surface area contributed by atoms with Gasteiger partial charge in [-0.05, 0) is 48.5 Å². The first-order chi connectivity index (χ1) is 14.7. The fraction of sp³-hybridized carbons (Fsp3) is 0.167. The van der Waals surface area contributed by atoms with Crippen LogP contribution < -0.4 is 9.47 Å². The number of hydrogen-bond acceptors (Lipinski definition) is 6. The molecule has 30 heavy (non-hydrogen) atoms. The van der Waals surface area contributed by atoms with E-state index in [1.165, 1.54) is 0 Å². The fourth-order valence-electron chi connectivity index (χ4n) is 2.53. The van der Waals surface area contributed by atoms with Crippen LogP contribution in [0, 0.1) is 0 Å². The summed E-state index contributed by atoms with van der Waals surface area (Å²) in [6, 6.07) is 24.6. The Morgan fingerprint density at radius 2 is 0.867 bits per heavy atom. The van der Waals surface area contributed by atoms with Gasteiger partial charge in [0.25, 0.3) is 0 Å². The van der Waals surface area contributed by atoms with Crippen molar-refractivity contribution in [2.45, 2.75) is 0 Å². The van der Waals surface area contributed by atoms with Crippen LogP contribution in [0.2, 0.25) is 0 Å². The Bertz CT molecular complexity index is 844. The van der Waals surface area contributed by atoms with Crippen LogP contribution in [-0.2, 0) is 9.47 Å². The van der Waals surface area contributed by atoms with Crippen molar-refractivity contribution in [3.05, 3.63) is 96.1 Å². The van der Waals surface area contributed by atoms with Gasteiger partial charge < -0.3 is 18.9 Å². The lowest BCUT2D eigenvalue weighted by Gasteiger charge is -2.10. The van der Waals surface area contributed by atoms with Gasteiger partial charge in [0.15, 0.2) is 0 Å². The molecule has 6 heteroatoms. The Morgan fingerprint density at radius 3 is 1.23 bits per heavy atom. The molecule has 0 aliphatic rings. The minimum Gasteiger partial charge on any atom is -0.490 e. The van der Waals surface area contributed by atoms with Gasteiger partial charge in [0.1, 0.15) is 37.9 Å². The van der Waals surface area contributed by atoms with Gasteiger partial charge in [-0.1, -0.05) is 36.4 Å². The molecule has 0 saturated carbocycles. The third-order valence-corrected chi connectivity index (χ3v) is 4.01. The number of rotatable bonds is 10. The summed E-state index contributed by atoms with van der Waals surface area (Å²) >= 11 is 0. The topological polar surface area (TPSA) is 71.1 Å². The van der Waals surface area contributed by atoms with Gasteiger partial charge in [-0.25, -0.2) is 9.59 Å². The molecular weight excluding hydrogens is 384 g/mol.